The number of fused-ring (bicyclic) bond motifs is 1. The van der Waals surface area contributed by atoms with Gasteiger partial charge < -0.3 is 19.9 Å². The Hall–Kier alpha value is -3.58. The minimum Gasteiger partial charge on any atom is -0.493 e. The number of carboxylic acid groups (broad SMARTS) is 1. The lowest BCUT2D eigenvalue weighted by molar-refractivity contribution is -0.116. The average molecular weight is 436 g/mol. The van der Waals surface area contributed by atoms with Gasteiger partial charge in [0, 0.05) is 28.3 Å². The number of methoxy groups -OCH3 is 1. The zero-order chi connectivity index (χ0) is 22.0. The fourth-order valence-corrected chi connectivity index (χ4v) is 5.07. The number of nitrogens with one attached hydrogen (secondary N) is 1. The molecule has 1 aliphatic heterocycles. The number of hydrogen-bond donors (Lipinski definition) is 2. The van der Waals surface area contributed by atoms with Gasteiger partial charge in [-0.25, -0.2) is 4.79 Å². The lowest BCUT2D eigenvalue weighted by Gasteiger charge is -2.26. The zero-order valence-corrected chi connectivity index (χ0v) is 17.7. The van der Waals surface area contributed by atoms with Gasteiger partial charge in [-0.2, -0.15) is 0 Å². The molecule has 0 unspecified atom stereocenters. The largest absolute Gasteiger partial charge is 0.493 e. The molecule has 4 rings (SSSR count). The third-order valence-corrected chi connectivity index (χ3v) is 6.40. The fourth-order valence-electron chi connectivity index (χ4n) is 3.83. The van der Waals surface area contributed by atoms with Crippen LogP contribution < -0.4 is 14.8 Å². The number of anilines is 1. The van der Waals surface area contributed by atoms with Crippen LogP contribution in [0.3, 0.4) is 0 Å². The molecule has 0 fully saturated rings. The minimum atomic E-state index is -1.03. The molecule has 6 nitrogen and oxygen atoms in total. The molecule has 0 spiro atoms. The summed E-state index contributed by atoms with van der Waals surface area (Å²) < 4.78 is 11.4. The van der Waals surface area contributed by atoms with E-state index in [-0.39, 0.29) is 29.7 Å². The van der Waals surface area contributed by atoms with Crippen molar-refractivity contribution in [2.24, 2.45) is 0 Å². The second-order valence-electron chi connectivity index (χ2n) is 7.00. The highest BCUT2D eigenvalue weighted by molar-refractivity contribution is 7.15. The Morgan fingerprint density at radius 3 is 2.71 bits per heavy atom. The Kier molecular flexibility index (Phi) is 5.77. The molecular weight excluding hydrogens is 414 g/mol. The maximum Gasteiger partial charge on any atom is 0.346 e. The van der Waals surface area contributed by atoms with Crippen molar-refractivity contribution in [3.63, 3.8) is 0 Å². The third kappa shape index (κ3) is 3.80. The predicted molar refractivity (Wildman–Crippen MR) is 120 cm³/mol. The van der Waals surface area contributed by atoms with E-state index in [1.54, 1.807) is 19.3 Å². The molecule has 1 atom stereocenters. The van der Waals surface area contributed by atoms with Gasteiger partial charge in [-0.3, -0.25) is 4.79 Å². The number of ether oxygens (including phenoxy) is 2. The van der Waals surface area contributed by atoms with Gasteiger partial charge in [0.15, 0.2) is 11.5 Å². The summed E-state index contributed by atoms with van der Waals surface area (Å²) >= 11 is 1.19. The first-order valence-electron chi connectivity index (χ1n) is 9.71. The lowest BCUT2D eigenvalue weighted by Crippen LogP contribution is -2.23. The maximum atomic E-state index is 12.7. The Labute approximate surface area is 183 Å². The van der Waals surface area contributed by atoms with Crippen LogP contribution in [0.1, 0.15) is 32.5 Å². The summed E-state index contributed by atoms with van der Waals surface area (Å²) in [6, 6.07) is 14.7. The molecule has 2 heterocycles. The first kappa shape index (κ1) is 20.7. The lowest BCUT2D eigenvalue weighted by atomic mass is 9.88. The summed E-state index contributed by atoms with van der Waals surface area (Å²) in [4.78, 5) is 25.8. The number of carbonyl (C=O) groups excluding carboxylic acids is 1. The number of carboxylic acids is 1. The maximum absolute atomic E-state index is 12.7. The highest BCUT2D eigenvalue weighted by atomic mass is 32.1. The van der Waals surface area contributed by atoms with Gasteiger partial charge in [-0.05, 0) is 11.6 Å². The van der Waals surface area contributed by atoms with Gasteiger partial charge in [0.1, 0.15) is 11.5 Å². The number of carbonyl (C=O) groups is 2. The van der Waals surface area contributed by atoms with Crippen molar-refractivity contribution in [1.82, 2.24) is 0 Å². The van der Waals surface area contributed by atoms with Crippen LogP contribution in [-0.2, 0) is 4.79 Å². The van der Waals surface area contributed by atoms with E-state index in [0.29, 0.717) is 22.7 Å². The number of thiophene rings is 1. The number of aromatic carboxylic acids is 1. The quantitative estimate of drug-likeness (QED) is 0.501. The zero-order valence-electron chi connectivity index (χ0n) is 16.9. The number of para-hydroxylation sites is 1. The molecule has 1 amide bonds. The number of benzene rings is 2. The van der Waals surface area contributed by atoms with Gasteiger partial charge in [-0.1, -0.05) is 55.1 Å². The smallest absolute Gasteiger partial charge is 0.346 e. The van der Waals surface area contributed by atoms with Crippen LogP contribution in [0.5, 0.6) is 11.5 Å². The average Bonchev–Trinajstić information content (AvgIpc) is 3.17. The molecule has 0 radical (unpaired) electrons. The Morgan fingerprint density at radius 1 is 1.26 bits per heavy atom. The Bertz CT molecular complexity index is 1150. The van der Waals surface area contributed by atoms with Gasteiger partial charge in [0.05, 0.1) is 12.8 Å². The van der Waals surface area contributed by atoms with Crippen molar-refractivity contribution in [2.45, 2.75) is 12.3 Å². The summed E-state index contributed by atoms with van der Waals surface area (Å²) in [6.45, 7) is 3.97. The van der Waals surface area contributed by atoms with Crippen molar-refractivity contribution < 1.29 is 24.2 Å². The molecule has 1 aliphatic rings. The van der Waals surface area contributed by atoms with Gasteiger partial charge >= 0.3 is 5.97 Å². The predicted octanol–water partition coefficient (Wildman–Crippen LogP) is 5.16. The molecule has 7 heteroatoms. The van der Waals surface area contributed by atoms with E-state index < -0.39 is 5.97 Å². The van der Waals surface area contributed by atoms with Gasteiger partial charge in [-0.15, -0.1) is 11.3 Å². The van der Waals surface area contributed by atoms with Crippen LogP contribution in [0.15, 0.2) is 61.2 Å². The van der Waals surface area contributed by atoms with E-state index in [1.165, 1.54) is 11.3 Å². The van der Waals surface area contributed by atoms with Crippen LogP contribution in [0.2, 0.25) is 0 Å². The monoisotopic (exact) mass is 435 g/mol. The molecule has 0 aliphatic carbocycles. The summed E-state index contributed by atoms with van der Waals surface area (Å²) in [7, 11) is 1.56. The standard InChI is InChI=1S/C24H21NO5S/c1-3-12-30-21-15(10-7-11-17(21)29-2)16-13-18(26)25-20-19(14-8-5-4-6-9-14)23(24(27)28)31-22(16)20/h3-11,16H,1,12-13H2,2H3,(H,25,26)(H,27,28)/t16-/m1/s1. The Morgan fingerprint density at radius 2 is 2.03 bits per heavy atom. The highest BCUT2D eigenvalue weighted by Gasteiger charge is 2.36. The van der Waals surface area contributed by atoms with E-state index in [9.17, 15) is 14.7 Å². The number of rotatable bonds is 7. The molecular formula is C24H21NO5S. The molecule has 158 valence electrons. The van der Waals surface area contributed by atoms with Crippen LogP contribution in [0.4, 0.5) is 5.69 Å². The molecule has 0 saturated carbocycles. The van der Waals surface area contributed by atoms with Crippen molar-refractivity contribution >= 4 is 28.9 Å². The molecule has 31 heavy (non-hydrogen) atoms. The van der Waals surface area contributed by atoms with Crippen molar-refractivity contribution in [1.29, 1.82) is 0 Å². The number of hydrogen-bond acceptors (Lipinski definition) is 5. The van der Waals surface area contributed by atoms with Crippen molar-refractivity contribution in [3.8, 4) is 22.6 Å². The van der Waals surface area contributed by atoms with E-state index >= 15 is 0 Å². The molecule has 3 aromatic rings. The van der Waals surface area contributed by atoms with Crippen LogP contribution in [-0.4, -0.2) is 30.7 Å². The van der Waals surface area contributed by atoms with Crippen LogP contribution in [0, 0.1) is 0 Å². The summed E-state index contributed by atoms with van der Waals surface area (Å²) in [5.74, 6) is -0.492. The molecule has 0 bridgehead atoms. The third-order valence-electron chi connectivity index (χ3n) is 5.11. The van der Waals surface area contributed by atoms with E-state index in [4.69, 9.17) is 9.47 Å². The molecule has 1 aromatic heterocycles. The number of amides is 1. The summed E-state index contributed by atoms with van der Waals surface area (Å²) in [5, 5.41) is 12.8. The normalized spacial score (nSPS) is 15.0. The van der Waals surface area contributed by atoms with Crippen molar-refractivity contribution in [3.05, 3.63) is 76.5 Å². The fraction of sp³-hybridized carbons (Fsp3) is 0.167. The van der Waals surface area contributed by atoms with Crippen LogP contribution in [0.25, 0.3) is 11.1 Å². The van der Waals surface area contributed by atoms with E-state index in [0.717, 1.165) is 16.0 Å². The minimum absolute atomic E-state index is 0.179. The second kappa shape index (κ2) is 8.65. The molecule has 2 aromatic carbocycles. The molecule has 0 saturated heterocycles. The molecule has 2 N–H and O–H groups in total. The van der Waals surface area contributed by atoms with Crippen LogP contribution >= 0.6 is 11.3 Å². The second-order valence-corrected chi connectivity index (χ2v) is 8.05. The first-order chi connectivity index (χ1) is 15.0. The topological polar surface area (TPSA) is 84.9 Å². The first-order valence-corrected chi connectivity index (χ1v) is 10.5. The van der Waals surface area contributed by atoms with Crippen molar-refractivity contribution in [2.75, 3.05) is 19.0 Å². The van der Waals surface area contributed by atoms with Gasteiger partial charge in [0.25, 0.3) is 0 Å². The van der Waals surface area contributed by atoms with Gasteiger partial charge in [0.2, 0.25) is 5.91 Å². The van der Waals surface area contributed by atoms with E-state index in [2.05, 4.69) is 11.9 Å². The van der Waals surface area contributed by atoms with E-state index in [1.807, 2.05) is 42.5 Å². The summed E-state index contributed by atoms with van der Waals surface area (Å²) in [5.41, 5.74) is 2.59. The Balaban J connectivity index is 1.93. The highest BCUT2D eigenvalue weighted by Crippen LogP contribution is 2.51. The summed E-state index contributed by atoms with van der Waals surface area (Å²) in [6.07, 6.45) is 1.81. The SMILES string of the molecule is C=CCOc1c(OC)cccc1[C@H]1CC(=O)Nc2c1sc(C(=O)O)c2-c1ccccc1.